The molecule has 0 amide bonds. The zero-order chi connectivity index (χ0) is 11.5. The third-order valence-corrected chi connectivity index (χ3v) is 5.01. The third kappa shape index (κ3) is 1.28. The van der Waals surface area contributed by atoms with Crippen LogP contribution >= 0.6 is 0 Å². The van der Waals surface area contributed by atoms with Gasteiger partial charge in [-0.2, -0.15) is 5.26 Å². The van der Waals surface area contributed by atoms with Gasteiger partial charge in [0, 0.05) is 5.41 Å². The van der Waals surface area contributed by atoms with Gasteiger partial charge in [-0.1, -0.05) is 5.10 Å². The zero-order valence-electron chi connectivity index (χ0n) is 9.72. The van der Waals surface area contributed by atoms with Crippen molar-refractivity contribution in [2.45, 2.75) is 43.9 Å². The lowest BCUT2D eigenvalue weighted by atomic mass is 9.49. The van der Waals surface area contributed by atoms with Gasteiger partial charge < -0.3 is 4.42 Å². The molecule has 0 atom stereocenters. The Labute approximate surface area is 100 Å². The van der Waals surface area contributed by atoms with Gasteiger partial charge in [-0.25, -0.2) is 0 Å². The van der Waals surface area contributed by atoms with Gasteiger partial charge in [0.25, 0.3) is 0 Å². The van der Waals surface area contributed by atoms with E-state index in [1.165, 1.54) is 38.5 Å². The molecule has 4 bridgehead atoms. The highest BCUT2D eigenvalue weighted by atomic mass is 16.4. The Morgan fingerprint density at radius 1 is 1.06 bits per heavy atom. The minimum atomic E-state index is 0.121. The van der Waals surface area contributed by atoms with E-state index in [1.807, 2.05) is 6.07 Å². The predicted octanol–water partition coefficient (Wildman–Crippen LogP) is 2.41. The van der Waals surface area contributed by atoms with E-state index in [-0.39, 0.29) is 11.3 Å². The molecule has 0 saturated heterocycles. The zero-order valence-corrected chi connectivity index (χ0v) is 9.72. The van der Waals surface area contributed by atoms with E-state index in [1.54, 1.807) is 0 Å². The Bertz CT molecular complexity index is 464. The van der Waals surface area contributed by atoms with Crippen LogP contribution in [0.3, 0.4) is 0 Å². The average Bonchev–Trinajstić information content (AvgIpc) is 2.76. The van der Waals surface area contributed by atoms with Crippen LogP contribution in [0, 0.1) is 29.1 Å². The van der Waals surface area contributed by atoms with Crippen molar-refractivity contribution < 1.29 is 4.42 Å². The van der Waals surface area contributed by atoms with Crippen LogP contribution in [0.1, 0.15) is 50.3 Å². The van der Waals surface area contributed by atoms with Crippen LogP contribution in [0.25, 0.3) is 0 Å². The molecule has 1 aromatic rings. The van der Waals surface area contributed by atoms with Gasteiger partial charge >= 0.3 is 5.89 Å². The maximum atomic E-state index is 8.79. The number of nitriles is 1. The quantitative estimate of drug-likeness (QED) is 0.741. The van der Waals surface area contributed by atoms with Crippen molar-refractivity contribution in [3.05, 3.63) is 11.8 Å². The Morgan fingerprint density at radius 2 is 1.65 bits per heavy atom. The van der Waals surface area contributed by atoms with E-state index in [2.05, 4.69) is 10.2 Å². The molecule has 1 heterocycles. The standard InChI is InChI=1S/C13H15N3O/c14-7-11-15-16-12(17-11)13-4-8-1-9(5-13)3-10(2-8)6-13/h8-10H,1-6H2. The molecule has 0 radical (unpaired) electrons. The summed E-state index contributed by atoms with van der Waals surface area (Å²) < 4.78 is 5.53. The lowest BCUT2D eigenvalue weighted by Gasteiger charge is -2.55. The molecule has 0 aromatic carbocycles. The summed E-state index contributed by atoms with van der Waals surface area (Å²) in [4.78, 5) is 0. The monoisotopic (exact) mass is 229 g/mol. The summed E-state index contributed by atoms with van der Waals surface area (Å²) in [5.74, 6) is 3.44. The lowest BCUT2D eigenvalue weighted by Crippen LogP contribution is -2.48. The molecule has 0 spiro atoms. The summed E-state index contributed by atoms with van der Waals surface area (Å²) in [5.41, 5.74) is 0.122. The molecule has 17 heavy (non-hydrogen) atoms. The first-order chi connectivity index (χ1) is 8.27. The fraction of sp³-hybridized carbons (Fsp3) is 0.769. The van der Waals surface area contributed by atoms with Crippen molar-refractivity contribution in [1.82, 2.24) is 10.2 Å². The molecule has 0 aliphatic heterocycles. The van der Waals surface area contributed by atoms with Crippen LogP contribution in [-0.2, 0) is 5.41 Å². The second kappa shape index (κ2) is 3.10. The molecule has 4 heteroatoms. The van der Waals surface area contributed by atoms with Crippen molar-refractivity contribution >= 4 is 0 Å². The first kappa shape index (κ1) is 9.64. The molecule has 4 nitrogen and oxygen atoms in total. The van der Waals surface area contributed by atoms with Crippen molar-refractivity contribution in [3.8, 4) is 6.07 Å². The molecule has 5 rings (SSSR count). The predicted molar refractivity (Wildman–Crippen MR) is 58.9 cm³/mol. The molecule has 4 aliphatic carbocycles. The molecule has 0 N–H and O–H groups in total. The summed E-state index contributed by atoms with van der Waals surface area (Å²) in [7, 11) is 0. The van der Waals surface area contributed by atoms with Crippen LogP contribution in [0.4, 0.5) is 0 Å². The van der Waals surface area contributed by atoms with Gasteiger partial charge in [0.05, 0.1) is 0 Å². The average molecular weight is 229 g/mol. The van der Waals surface area contributed by atoms with Crippen LogP contribution in [0.2, 0.25) is 0 Å². The lowest BCUT2D eigenvalue weighted by molar-refractivity contribution is -0.0179. The third-order valence-electron chi connectivity index (χ3n) is 5.01. The van der Waals surface area contributed by atoms with Crippen LogP contribution in [0.5, 0.6) is 0 Å². The highest BCUT2D eigenvalue weighted by Gasteiger charge is 2.54. The van der Waals surface area contributed by atoms with Crippen LogP contribution in [-0.4, -0.2) is 10.2 Å². The van der Waals surface area contributed by atoms with Crippen molar-refractivity contribution in [2.24, 2.45) is 17.8 Å². The van der Waals surface area contributed by atoms with Gasteiger partial charge in [-0.3, -0.25) is 0 Å². The first-order valence-corrected chi connectivity index (χ1v) is 6.51. The maximum Gasteiger partial charge on any atom is 0.321 e. The van der Waals surface area contributed by atoms with Gasteiger partial charge in [0.1, 0.15) is 0 Å². The topological polar surface area (TPSA) is 62.7 Å². The van der Waals surface area contributed by atoms with Gasteiger partial charge in [-0.15, -0.1) is 5.10 Å². The Hall–Kier alpha value is -1.37. The molecule has 88 valence electrons. The molecule has 4 fully saturated rings. The molecule has 1 aromatic heterocycles. The molecular weight excluding hydrogens is 214 g/mol. The maximum absolute atomic E-state index is 8.79. The van der Waals surface area contributed by atoms with E-state index in [9.17, 15) is 0 Å². The van der Waals surface area contributed by atoms with Crippen LogP contribution < -0.4 is 0 Å². The van der Waals surface area contributed by atoms with Crippen molar-refractivity contribution in [1.29, 1.82) is 5.26 Å². The number of nitrogens with zero attached hydrogens (tertiary/aromatic N) is 3. The summed E-state index contributed by atoms with van der Waals surface area (Å²) in [5, 5.41) is 16.7. The minimum absolute atomic E-state index is 0.121. The fourth-order valence-corrected chi connectivity index (χ4v) is 4.86. The highest BCUT2D eigenvalue weighted by Crippen LogP contribution is 2.60. The number of hydrogen-bond acceptors (Lipinski definition) is 4. The SMILES string of the molecule is N#Cc1nnc(C23CC4CC(CC(C4)C2)C3)o1. The normalized spacial score (nSPS) is 42.6. The van der Waals surface area contributed by atoms with E-state index in [4.69, 9.17) is 9.68 Å². The van der Waals surface area contributed by atoms with E-state index in [0.717, 1.165) is 23.6 Å². The summed E-state index contributed by atoms with van der Waals surface area (Å²) in [6, 6.07) is 1.94. The van der Waals surface area contributed by atoms with Gasteiger partial charge in [-0.05, 0) is 56.3 Å². The molecular formula is C13H15N3O. The van der Waals surface area contributed by atoms with Crippen LogP contribution in [0.15, 0.2) is 4.42 Å². The number of hydrogen-bond donors (Lipinski definition) is 0. The number of rotatable bonds is 1. The Morgan fingerprint density at radius 3 is 2.12 bits per heavy atom. The highest BCUT2D eigenvalue weighted by molar-refractivity contribution is 5.16. The summed E-state index contributed by atoms with van der Waals surface area (Å²) in [6.07, 6.45) is 7.81. The minimum Gasteiger partial charge on any atom is -0.412 e. The first-order valence-electron chi connectivity index (χ1n) is 6.51. The van der Waals surface area contributed by atoms with Crippen molar-refractivity contribution in [2.75, 3.05) is 0 Å². The fourth-order valence-electron chi connectivity index (χ4n) is 4.86. The second-order valence-corrected chi connectivity index (χ2v) is 6.22. The van der Waals surface area contributed by atoms with E-state index < -0.39 is 0 Å². The summed E-state index contributed by atoms with van der Waals surface area (Å²) in [6.45, 7) is 0. The summed E-state index contributed by atoms with van der Waals surface area (Å²) >= 11 is 0. The Kier molecular flexibility index (Phi) is 1.76. The van der Waals surface area contributed by atoms with Gasteiger partial charge in [0.15, 0.2) is 6.07 Å². The number of aromatic nitrogens is 2. The Balaban J connectivity index is 1.75. The largest absolute Gasteiger partial charge is 0.412 e. The van der Waals surface area contributed by atoms with E-state index in [0.29, 0.717) is 0 Å². The molecule has 4 aliphatic rings. The van der Waals surface area contributed by atoms with Crippen molar-refractivity contribution in [3.63, 3.8) is 0 Å². The molecule has 4 saturated carbocycles. The second-order valence-electron chi connectivity index (χ2n) is 6.22. The smallest absolute Gasteiger partial charge is 0.321 e. The molecule has 0 unspecified atom stereocenters. The van der Waals surface area contributed by atoms with E-state index >= 15 is 0 Å². The van der Waals surface area contributed by atoms with Gasteiger partial charge in [0.2, 0.25) is 5.89 Å².